The fourth-order valence-corrected chi connectivity index (χ4v) is 3.21. The van der Waals surface area contributed by atoms with Gasteiger partial charge in [-0.2, -0.15) is 0 Å². The van der Waals surface area contributed by atoms with Crippen LogP contribution in [0.2, 0.25) is 5.02 Å². The van der Waals surface area contributed by atoms with Crippen molar-refractivity contribution in [3.05, 3.63) is 64.2 Å². The zero-order valence-electron chi connectivity index (χ0n) is 15.1. The predicted molar refractivity (Wildman–Crippen MR) is 104 cm³/mol. The molecule has 0 atom stereocenters. The van der Waals surface area contributed by atoms with Crippen molar-refractivity contribution in [1.82, 2.24) is 5.32 Å². The van der Waals surface area contributed by atoms with Gasteiger partial charge in [-0.3, -0.25) is 9.59 Å². The van der Waals surface area contributed by atoms with E-state index in [0.29, 0.717) is 30.8 Å². The zero-order chi connectivity index (χ0) is 18.7. The molecule has 0 bridgehead atoms. The Kier molecular flexibility index (Phi) is 5.33. The van der Waals surface area contributed by atoms with E-state index in [1.165, 1.54) is 0 Å². The van der Waals surface area contributed by atoms with Gasteiger partial charge in [0, 0.05) is 17.3 Å². The van der Waals surface area contributed by atoms with Crippen LogP contribution in [-0.2, 0) is 16.0 Å². The van der Waals surface area contributed by atoms with E-state index in [1.54, 1.807) is 0 Å². The highest BCUT2D eigenvalue weighted by Gasteiger charge is 2.56. The number of carbonyl (C=O) groups is 2. The van der Waals surface area contributed by atoms with Gasteiger partial charge in [0.1, 0.15) is 5.41 Å². The summed E-state index contributed by atoms with van der Waals surface area (Å²) >= 11 is 5.97. The summed E-state index contributed by atoms with van der Waals surface area (Å²) in [6.45, 7) is 4.45. The molecule has 0 unspecified atom stereocenters. The maximum absolute atomic E-state index is 12.7. The average Bonchev–Trinajstić information content (AvgIpc) is 3.41. The lowest BCUT2D eigenvalue weighted by atomic mass is 10.0. The number of hydrogen-bond acceptors (Lipinski definition) is 2. The van der Waals surface area contributed by atoms with Gasteiger partial charge in [0.05, 0.1) is 0 Å². The smallest absolute Gasteiger partial charge is 0.240 e. The molecule has 5 heteroatoms. The molecule has 2 aromatic rings. The quantitative estimate of drug-likeness (QED) is 0.754. The Bertz CT molecular complexity index is 844. The van der Waals surface area contributed by atoms with E-state index in [1.807, 2.05) is 56.3 Å². The topological polar surface area (TPSA) is 58.2 Å². The van der Waals surface area contributed by atoms with Crippen molar-refractivity contribution < 1.29 is 9.59 Å². The van der Waals surface area contributed by atoms with E-state index in [2.05, 4.69) is 10.6 Å². The van der Waals surface area contributed by atoms with E-state index < -0.39 is 5.41 Å². The molecule has 1 saturated carbocycles. The highest BCUT2D eigenvalue weighted by molar-refractivity contribution is 6.30. The molecule has 1 aliphatic carbocycles. The van der Waals surface area contributed by atoms with Gasteiger partial charge in [-0.1, -0.05) is 35.9 Å². The van der Waals surface area contributed by atoms with Gasteiger partial charge in [0.2, 0.25) is 11.8 Å². The van der Waals surface area contributed by atoms with Gasteiger partial charge in [-0.15, -0.1) is 0 Å². The molecule has 0 spiro atoms. The maximum atomic E-state index is 12.7. The number of nitrogens with one attached hydrogen (secondary N) is 2. The average molecular weight is 371 g/mol. The SMILES string of the molecule is Cc1cccc(NC(=O)C2(C(=O)NCCc3cccc(Cl)c3)CC2)c1C. The summed E-state index contributed by atoms with van der Waals surface area (Å²) in [4.78, 5) is 25.3. The second-order valence-corrected chi connectivity index (χ2v) is 7.36. The van der Waals surface area contributed by atoms with Crippen molar-refractivity contribution in [1.29, 1.82) is 0 Å². The molecule has 0 radical (unpaired) electrons. The summed E-state index contributed by atoms with van der Waals surface area (Å²) in [5.41, 5.74) is 3.04. The van der Waals surface area contributed by atoms with Crippen LogP contribution in [0.3, 0.4) is 0 Å². The lowest BCUT2D eigenvalue weighted by molar-refractivity contribution is -0.134. The van der Waals surface area contributed by atoms with E-state index in [9.17, 15) is 9.59 Å². The second-order valence-electron chi connectivity index (χ2n) is 6.92. The fraction of sp³-hybridized carbons (Fsp3) is 0.333. The minimum absolute atomic E-state index is 0.192. The first kappa shape index (κ1) is 18.5. The number of aryl methyl sites for hydroxylation is 1. The highest BCUT2D eigenvalue weighted by Crippen LogP contribution is 2.47. The molecule has 2 aromatic carbocycles. The van der Waals surface area contributed by atoms with E-state index >= 15 is 0 Å². The van der Waals surface area contributed by atoms with Crippen LogP contribution in [0.5, 0.6) is 0 Å². The molecule has 26 heavy (non-hydrogen) atoms. The molecule has 1 fully saturated rings. The predicted octanol–water partition coefficient (Wildman–Crippen LogP) is 4.03. The number of rotatable bonds is 6. The molecule has 4 nitrogen and oxygen atoms in total. The molecule has 0 aliphatic heterocycles. The van der Waals surface area contributed by atoms with E-state index in [0.717, 1.165) is 22.4 Å². The first-order chi connectivity index (χ1) is 12.4. The number of halogens is 1. The third-order valence-electron chi connectivity index (χ3n) is 5.06. The second kappa shape index (κ2) is 7.50. The number of hydrogen-bond donors (Lipinski definition) is 2. The largest absolute Gasteiger partial charge is 0.355 e. The van der Waals surface area contributed by atoms with Gasteiger partial charge >= 0.3 is 0 Å². The Labute approximate surface area is 158 Å². The van der Waals surface area contributed by atoms with Crippen LogP contribution >= 0.6 is 11.6 Å². The molecule has 3 rings (SSSR count). The summed E-state index contributed by atoms with van der Waals surface area (Å²) in [7, 11) is 0. The normalized spacial score (nSPS) is 14.6. The summed E-state index contributed by atoms with van der Waals surface area (Å²) in [6.07, 6.45) is 1.86. The van der Waals surface area contributed by atoms with E-state index in [4.69, 9.17) is 11.6 Å². The standard InChI is InChI=1S/C21H23ClN2O2/c1-14-5-3-8-18(15(14)2)24-20(26)21(10-11-21)19(25)23-12-9-16-6-4-7-17(22)13-16/h3-8,13H,9-12H2,1-2H3,(H,23,25)(H,24,26). The lowest BCUT2D eigenvalue weighted by Gasteiger charge is -2.17. The minimum Gasteiger partial charge on any atom is -0.355 e. The van der Waals surface area contributed by atoms with Crippen LogP contribution in [0.1, 0.15) is 29.5 Å². The van der Waals surface area contributed by atoms with Gasteiger partial charge in [0.25, 0.3) is 0 Å². The van der Waals surface area contributed by atoms with Crippen LogP contribution in [0, 0.1) is 19.3 Å². The molecule has 136 valence electrons. The van der Waals surface area contributed by atoms with Crippen LogP contribution in [0.15, 0.2) is 42.5 Å². The molecule has 0 aromatic heterocycles. The van der Waals surface area contributed by atoms with Crippen molar-refractivity contribution in [3.8, 4) is 0 Å². The molecule has 2 N–H and O–H groups in total. The summed E-state index contributed by atoms with van der Waals surface area (Å²) < 4.78 is 0. The summed E-state index contributed by atoms with van der Waals surface area (Å²) in [5, 5.41) is 6.52. The van der Waals surface area contributed by atoms with E-state index in [-0.39, 0.29) is 11.8 Å². The summed E-state index contributed by atoms with van der Waals surface area (Å²) in [5.74, 6) is -0.409. The van der Waals surface area contributed by atoms with Crippen LogP contribution in [0.4, 0.5) is 5.69 Å². The minimum atomic E-state index is -0.926. The molecule has 2 amide bonds. The van der Waals surface area contributed by atoms with Gasteiger partial charge in [-0.25, -0.2) is 0 Å². The Balaban J connectivity index is 1.58. The van der Waals surface area contributed by atoms with Gasteiger partial charge in [-0.05, 0) is 68.0 Å². The van der Waals surface area contributed by atoms with Crippen molar-refractivity contribution in [3.63, 3.8) is 0 Å². The van der Waals surface area contributed by atoms with Crippen molar-refractivity contribution in [2.75, 3.05) is 11.9 Å². The lowest BCUT2D eigenvalue weighted by Crippen LogP contribution is -2.40. The Morgan fingerprint density at radius 1 is 1.08 bits per heavy atom. The Morgan fingerprint density at radius 2 is 1.81 bits per heavy atom. The van der Waals surface area contributed by atoms with Gasteiger partial charge < -0.3 is 10.6 Å². The molecule has 0 saturated heterocycles. The molecular weight excluding hydrogens is 348 g/mol. The van der Waals surface area contributed by atoms with Crippen molar-refractivity contribution >= 4 is 29.1 Å². The van der Waals surface area contributed by atoms with Crippen LogP contribution < -0.4 is 10.6 Å². The van der Waals surface area contributed by atoms with Crippen molar-refractivity contribution in [2.24, 2.45) is 5.41 Å². The van der Waals surface area contributed by atoms with Crippen LogP contribution in [-0.4, -0.2) is 18.4 Å². The Hall–Kier alpha value is -2.33. The highest BCUT2D eigenvalue weighted by atomic mass is 35.5. The molecular formula is C21H23ClN2O2. The number of anilines is 1. The molecule has 1 aliphatic rings. The maximum Gasteiger partial charge on any atom is 0.240 e. The Morgan fingerprint density at radius 3 is 2.50 bits per heavy atom. The zero-order valence-corrected chi connectivity index (χ0v) is 15.8. The number of carbonyl (C=O) groups excluding carboxylic acids is 2. The number of amides is 2. The third-order valence-corrected chi connectivity index (χ3v) is 5.30. The van der Waals surface area contributed by atoms with Gasteiger partial charge in [0.15, 0.2) is 0 Å². The fourth-order valence-electron chi connectivity index (χ4n) is 2.99. The van der Waals surface area contributed by atoms with Crippen LogP contribution in [0.25, 0.3) is 0 Å². The third kappa shape index (κ3) is 3.91. The molecule has 0 heterocycles. The van der Waals surface area contributed by atoms with Crippen molar-refractivity contribution in [2.45, 2.75) is 33.1 Å². The number of benzene rings is 2. The first-order valence-electron chi connectivity index (χ1n) is 8.83. The monoisotopic (exact) mass is 370 g/mol. The summed E-state index contributed by atoms with van der Waals surface area (Å²) in [6, 6.07) is 13.3. The first-order valence-corrected chi connectivity index (χ1v) is 9.20.